The molecule has 0 fully saturated rings. The first kappa shape index (κ1) is 18.0. The van der Waals surface area contributed by atoms with Gasteiger partial charge in [-0.1, -0.05) is 29.8 Å². The second kappa shape index (κ2) is 8.06. The monoisotopic (exact) mass is 367 g/mol. The molecule has 26 heavy (non-hydrogen) atoms. The highest BCUT2D eigenvalue weighted by Gasteiger charge is 2.14. The van der Waals surface area contributed by atoms with Crippen LogP contribution in [-0.4, -0.2) is 26.3 Å². The van der Waals surface area contributed by atoms with Gasteiger partial charge in [-0.15, -0.1) is 11.3 Å². The lowest BCUT2D eigenvalue weighted by molar-refractivity contribution is 0.324. The van der Waals surface area contributed by atoms with Crippen molar-refractivity contribution < 1.29 is 14.2 Å². The summed E-state index contributed by atoms with van der Waals surface area (Å²) >= 11 is 1.60. The lowest BCUT2D eigenvalue weighted by atomic mass is 10.1. The number of thiazole rings is 1. The summed E-state index contributed by atoms with van der Waals surface area (Å²) in [6.07, 6.45) is 3.95. The van der Waals surface area contributed by atoms with E-state index in [2.05, 4.69) is 36.6 Å². The van der Waals surface area contributed by atoms with Crippen molar-refractivity contribution in [2.45, 2.75) is 6.92 Å². The van der Waals surface area contributed by atoms with Crippen molar-refractivity contribution in [3.8, 4) is 28.5 Å². The Balaban J connectivity index is 1.88. The van der Waals surface area contributed by atoms with Gasteiger partial charge in [0.05, 0.1) is 27.0 Å². The SMILES string of the molecule is COc1ccc(C=Cc2nc(-c3ccc(C)cc3)cs2)c(OC)c1OC. The molecule has 3 aromatic rings. The van der Waals surface area contributed by atoms with E-state index in [4.69, 9.17) is 19.2 Å². The second-order valence-electron chi connectivity index (χ2n) is 5.69. The van der Waals surface area contributed by atoms with Crippen molar-refractivity contribution in [1.29, 1.82) is 0 Å². The van der Waals surface area contributed by atoms with Crippen molar-refractivity contribution in [3.05, 3.63) is 57.9 Å². The Hall–Kier alpha value is -2.79. The normalized spacial score (nSPS) is 10.9. The molecule has 0 saturated carbocycles. The molecular weight excluding hydrogens is 346 g/mol. The molecule has 5 heteroatoms. The number of aromatic nitrogens is 1. The molecule has 0 aliphatic rings. The van der Waals surface area contributed by atoms with Crippen LogP contribution in [0, 0.1) is 6.92 Å². The van der Waals surface area contributed by atoms with Crippen LogP contribution in [0.25, 0.3) is 23.4 Å². The molecule has 0 aliphatic heterocycles. The Morgan fingerprint density at radius 2 is 1.58 bits per heavy atom. The average Bonchev–Trinajstić information content (AvgIpc) is 3.14. The Kier molecular flexibility index (Phi) is 5.58. The van der Waals surface area contributed by atoms with Gasteiger partial charge in [0, 0.05) is 16.5 Å². The van der Waals surface area contributed by atoms with Crippen molar-refractivity contribution >= 4 is 23.5 Å². The van der Waals surface area contributed by atoms with Gasteiger partial charge in [0.1, 0.15) is 5.01 Å². The Bertz CT molecular complexity index is 914. The molecule has 1 aromatic heterocycles. The maximum Gasteiger partial charge on any atom is 0.203 e. The van der Waals surface area contributed by atoms with Crippen molar-refractivity contribution in [2.24, 2.45) is 0 Å². The smallest absolute Gasteiger partial charge is 0.203 e. The summed E-state index contributed by atoms with van der Waals surface area (Å²) in [5, 5.41) is 2.99. The van der Waals surface area contributed by atoms with Crippen LogP contribution in [0.3, 0.4) is 0 Å². The molecule has 0 unspecified atom stereocenters. The Labute approximate surface area is 157 Å². The summed E-state index contributed by atoms with van der Waals surface area (Å²) in [7, 11) is 4.82. The van der Waals surface area contributed by atoms with E-state index in [1.807, 2.05) is 24.3 Å². The molecular formula is C21H21NO3S. The third-order valence-electron chi connectivity index (χ3n) is 4.01. The largest absolute Gasteiger partial charge is 0.493 e. The summed E-state index contributed by atoms with van der Waals surface area (Å²) in [4.78, 5) is 4.69. The number of rotatable bonds is 6. The van der Waals surface area contributed by atoms with Gasteiger partial charge in [-0.05, 0) is 31.2 Å². The second-order valence-corrected chi connectivity index (χ2v) is 6.58. The number of aryl methyl sites for hydroxylation is 1. The fraction of sp³-hybridized carbons (Fsp3) is 0.190. The first-order valence-corrected chi connectivity index (χ1v) is 9.04. The zero-order valence-electron chi connectivity index (χ0n) is 15.3. The molecule has 0 bridgehead atoms. The number of hydrogen-bond acceptors (Lipinski definition) is 5. The predicted octanol–water partition coefficient (Wildman–Crippen LogP) is 5.31. The van der Waals surface area contributed by atoms with E-state index in [-0.39, 0.29) is 0 Å². The van der Waals surface area contributed by atoms with Crippen LogP contribution in [0.15, 0.2) is 41.8 Å². The van der Waals surface area contributed by atoms with Crippen LogP contribution in [0.1, 0.15) is 16.1 Å². The molecule has 2 aromatic carbocycles. The third-order valence-corrected chi connectivity index (χ3v) is 4.82. The van der Waals surface area contributed by atoms with Crippen LogP contribution < -0.4 is 14.2 Å². The molecule has 0 atom stereocenters. The molecule has 0 saturated heterocycles. The fourth-order valence-corrected chi connectivity index (χ4v) is 3.36. The molecule has 3 rings (SSSR count). The molecule has 0 amide bonds. The highest BCUT2D eigenvalue weighted by Crippen LogP contribution is 2.40. The van der Waals surface area contributed by atoms with E-state index in [9.17, 15) is 0 Å². The molecule has 0 radical (unpaired) electrons. The topological polar surface area (TPSA) is 40.6 Å². The van der Waals surface area contributed by atoms with Crippen LogP contribution in [0.4, 0.5) is 0 Å². The molecule has 0 aliphatic carbocycles. The maximum atomic E-state index is 5.51. The zero-order chi connectivity index (χ0) is 18.5. The van der Waals surface area contributed by atoms with Crippen LogP contribution in [-0.2, 0) is 0 Å². The summed E-state index contributed by atoms with van der Waals surface area (Å²) in [6.45, 7) is 2.08. The molecule has 4 nitrogen and oxygen atoms in total. The minimum atomic E-state index is 0.580. The maximum absolute atomic E-state index is 5.51. The van der Waals surface area contributed by atoms with Crippen molar-refractivity contribution in [1.82, 2.24) is 4.98 Å². The number of hydrogen-bond donors (Lipinski definition) is 0. The van der Waals surface area contributed by atoms with Gasteiger partial charge in [-0.2, -0.15) is 0 Å². The Morgan fingerprint density at radius 3 is 2.23 bits per heavy atom. The standard InChI is InChI=1S/C21H21NO3S/c1-14-5-7-15(8-6-14)17-13-26-19(22-17)12-10-16-9-11-18(23-2)21(25-4)20(16)24-3/h5-13H,1-4H3. The number of nitrogens with zero attached hydrogens (tertiary/aromatic N) is 1. The van der Waals surface area contributed by atoms with Gasteiger partial charge in [-0.3, -0.25) is 0 Å². The van der Waals surface area contributed by atoms with Crippen LogP contribution in [0.2, 0.25) is 0 Å². The van der Waals surface area contributed by atoms with E-state index in [1.165, 1.54) is 5.56 Å². The molecule has 134 valence electrons. The lowest BCUT2D eigenvalue weighted by Gasteiger charge is -2.13. The summed E-state index contributed by atoms with van der Waals surface area (Å²) in [5.74, 6) is 1.85. The quantitative estimate of drug-likeness (QED) is 0.592. The van der Waals surface area contributed by atoms with Gasteiger partial charge in [0.15, 0.2) is 11.5 Å². The van der Waals surface area contributed by atoms with Crippen LogP contribution in [0.5, 0.6) is 17.2 Å². The van der Waals surface area contributed by atoms with E-state index < -0.39 is 0 Å². The number of methoxy groups -OCH3 is 3. The van der Waals surface area contributed by atoms with Crippen molar-refractivity contribution in [2.75, 3.05) is 21.3 Å². The number of benzene rings is 2. The summed E-state index contributed by atoms with van der Waals surface area (Å²) < 4.78 is 16.3. The summed E-state index contributed by atoms with van der Waals surface area (Å²) in [5.41, 5.74) is 4.24. The number of ether oxygens (including phenoxy) is 3. The van der Waals surface area contributed by atoms with E-state index in [0.717, 1.165) is 21.8 Å². The molecule has 1 heterocycles. The van der Waals surface area contributed by atoms with Crippen molar-refractivity contribution in [3.63, 3.8) is 0 Å². The van der Waals surface area contributed by atoms with Crippen LogP contribution >= 0.6 is 11.3 Å². The fourth-order valence-electron chi connectivity index (χ4n) is 2.64. The third kappa shape index (κ3) is 3.73. The van der Waals surface area contributed by atoms with Gasteiger partial charge >= 0.3 is 0 Å². The summed E-state index contributed by atoms with van der Waals surface area (Å²) in [6, 6.07) is 12.2. The van der Waals surface area contributed by atoms with Gasteiger partial charge in [0.2, 0.25) is 5.75 Å². The zero-order valence-corrected chi connectivity index (χ0v) is 16.1. The highest BCUT2D eigenvalue weighted by molar-refractivity contribution is 7.10. The predicted molar refractivity (Wildman–Crippen MR) is 107 cm³/mol. The molecule has 0 N–H and O–H groups in total. The first-order chi connectivity index (χ1) is 12.7. The lowest BCUT2D eigenvalue weighted by Crippen LogP contribution is -1.96. The highest BCUT2D eigenvalue weighted by atomic mass is 32.1. The van der Waals surface area contributed by atoms with Gasteiger partial charge in [-0.25, -0.2) is 4.98 Å². The van der Waals surface area contributed by atoms with E-state index >= 15 is 0 Å². The minimum absolute atomic E-state index is 0.580. The van der Waals surface area contributed by atoms with E-state index in [1.54, 1.807) is 32.7 Å². The van der Waals surface area contributed by atoms with Gasteiger partial charge < -0.3 is 14.2 Å². The van der Waals surface area contributed by atoms with E-state index in [0.29, 0.717) is 17.2 Å². The first-order valence-electron chi connectivity index (χ1n) is 8.16. The molecule has 0 spiro atoms. The average molecular weight is 367 g/mol. The van der Waals surface area contributed by atoms with Gasteiger partial charge in [0.25, 0.3) is 0 Å². The Morgan fingerprint density at radius 1 is 0.846 bits per heavy atom. The minimum Gasteiger partial charge on any atom is -0.493 e.